The molecule has 198 valence electrons. The molecule has 1 N–H and O–H groups in total. The summed E-state index contributed by atoms with van der Waals surface area (Å²) >= 11 is 0. The molecule has 9 heteroatoms. The van der Waals surface area contributed by atoms with E-state index in [-0.39, 0.29) is 5.91 Å². The van der Waals surface area contributed by atoms with Gasteiger partial charge in [-0.05, 0) is 41.0 Å². The summed E-state index contributed by atoms with van der Waals surface area (Å²) in [6, 6.07) is 18.7. The summed E-state index contributed by atoms with van der Waals surface area (Å²) in [7, 11) is 1.88. The number of rotatable bonds is 6. The molecule has 2 aromatic carbocycles. The van der Waals surface area contributed by atoms with Gasteiger partial charge in [0, 0.05) is 49.2 Å². The van der Waals surface area contributed by atoms with Gasteiger partial charge < -0.3 is 15.0 Å². The van der Waals surface area contributed by atoms with Crippen LogP contribution in [0.5, 0.6) is 0 Å². The molecule has 40 heavy (non-hydrogen) atoms. The van der Waals surface area contributed by atoms with Gasteiger partial charge >= 0.3 is 0 Å². The van der Waals surface area contributed by atoms with Gasteiger partial charge in [0.15, 0.2) is 0 Å². The van der Waals surface area contributed by atoms with E-state index in [4.69, 9.17) is 4.74 Å². The first-order valence-corrected chi connectivity index (χ1v) is 13.0. The fourth-order valence-corrected chi connectivity index (χ4v) is 5.06. The van der Waals surface area contributed by atoms with Crippen LogP contribution in [0.2, 0.25) is 0 Å². The summed E-state index contributed by atoms with van der Waals surface area (Å²) in [6.07, 6.45) is 8.56. The Hall–Kier alpha value is -5.20. The molecule has 0 bridgehead atoms. The van der Waals surface area contributed by atoms with Gasteiger partial charge in [0.25, 0.3) is 0 Å². The number of fused-ring (bicyclic) bond motifs is 1. The highest BCUT2D eigenvalue weighted by molar-refractivity contribution is 6.01. The lowest BCUT2D eigenvalue weighted by molar-refractivity contribution is -0.111. The van der Waals surface area contributed by atoms with Crippen LogP contribution in [0.25, 0.3) is 38.9 Å². The standard InChI is InChI=1S/C31H27N7O2/c1-3-30(39)35-28-9-8-23(15-29(28)37-10-12-40-13-11-37)21-4-6-22(7-5-21)27-14-24(26-18-33-36(2)19-26)20-38-31(27)25(16-32)17-34-38/h3-9,14-15,17-20H,1,10-13H2,2H3,(H,35,39). The molecule has 0 radical (unpaired) electrons. The summed E-state index contributed by atoms with van der Waals surface area (Å²) in [5.74, 6) is -0.247. The van der Waals surface area contributed by atoms with Gasteiger partial charge in [0.05, 0.1) is 48.1 Å². The van der Waals surface area contributed by atoms with Gasteiger partial charge in [0.2, 0.25) is 5.91 Å². The minimum atomic E-state index is -0.247. The van der Waals surface area contributed by atoms with Gasteiger partial charge in [0.1, 0.15) is 6.07 Å². The lowest BCUT2D eigenvalue weighted by atomic mass is 9.97. The predicted octanol–water partition coefficient (Wildman–Crippen LogP) is 4.90. The van der Waals surface area contributed by atoms with Crippen molar-refractivity contribution in [1.29, 1.82) is 5.26 Å². The largest absolute Gasteiger partial charge is 0.378 e. The zero-order chi connectivity index (χ0) is 27.6. The van der Waals surface area contributed by atoms with Gasteiger partial charge in [-0.25, -0.2) is 4.52 Å². The third kappa shape index (κ3) is 4.72. The molecular weight excluding hydrogens is 502 g/mol. The number of anilines is 2. The van der Waals surface area contributed by atoms with Crippen LogP contribution in [0, 0.1) is 11.3 Å². The van der Waals surface area contributed by atoms with E-state index in [1.165, 1.54) is 6.08 Å². The number of nitriles is 1. The first-order valence-electron chi connectivity index (χ1n) is 13.0. The molecule has 0 saturated carbocycles. The van der Waals surface area contributed by atoms with Crippen LogP contribution in [-0.4, -0.2) is 51.6 Å². The molecule has 1 fully saturated rings. The molecule has 1 aliphatic heterocycles. The molecule has 4 heterocycles. The summed E-state index contributed by atoms with van der Waals surface area (Å²) in [5.41, 5.74) is 8.85. The van der Waals surface area contributed by atoms with Gasteiger partial charge in [-0.1, -0.05) is 36.9 Å². The summed E-state index contributed by atoms with van der Waals surface area (Å²) in [6.45, 7) is 6.34. The number of benzene rings is 2. The van der Waals surface area contributed by atoms with Gasteiger partial charge in [-0.2, -0.15) is 15.5 Å². The normalized spacial score (nSPS) is 13.2. The highest BCUT2D eigenvalue weighted by Crippen LogP contribution is 2.35. The van der Waals surface area contributed by atoms with Crippen LogP contribution in [0.3, 0.4) is 0 Å². The van der Waals surface area contributed by atoms with Crippen molar-refractivity contribution >= 4 is 22.8 Å². The molecular formula is C31H27N7O2. The van der Waals surface area contributed by atoms with Crippen molar-refractivity contribution in [3.8, 4) is 39.4 Å². The van der Waals surface area contributed by atoms with E-state index < -0.39 is 0 Å². The number of ether oxygens (including phenoxy) is 1. The maximum absolute atomic E-state index is 12.1. The van der Waals surface area contributed by atoms with Crippen LogP contribution in [0.4, 0.5) is 11.4 Å². The van der Waals surface area contributed by atoms with E-state index in [0.717, 1.165) is 63.4 Å². The van der Waals surface area contributed by atoms with E-state index in [2.05, 4.69) is 69.5 Å². The predicted molar refractivity (Wildman–Crippen MR) is 155 cm³/mol. The minimum absolute atomic E-state index is 0.247. The number of nitrogens with one attached hydrogen (secondary N) is 1. The Morgan fingerprint density at radius 2 is 1.73 bits per heavy atom. The number of aromatic nitrogens is 4. The molecule has 1 saturated heterocycles. The second kappa shape index (κ2) is 10.5. The molecule has 0 spiro atoms. The zero-order valence-corrected chi connectivity index (χ0v) is 22.0. The number of amides is 1. The second-order valence-corrected chi connectivity index (χ2v) is 9.61. The van der Waals surface area contributed by atoms with Crippen molar-refractivity contribution in [3.63, 3.8) is 0 Å². The highest BCUT2D eigenvalue weighted by Gasteiger charge is 2.18. The molecule has 1 aliphatic rings. The quantitative estimate of drug-likeness (QED) is 0.314. The van der Waals surface area contributed by atoms with Crippen molar-refractivity contribution in [2.45, 2.75) is 0 Å². The third-order valence-electron chi connectivity index (χ3n) is 7.09. The number of pyridine rings is 1. The van der Waals surface area contributed by atoms with E-state index in [1.54, 1.807) is 15.4 Å². The van der Waals surface area contributed by atoms with Crippen molar-refractivity contribution in [2.75, 3.05) is 36.5 Å². The summed E-state index contributed by atoms with van der Waals surface area (Å²) < 4.78 is 9.06. The van der Waals surface area contributed by atoms with Gasteiger partial charge in [-0.3, -0.25) is 9.48 Å². The van der Waals surface area contributed by atoms with Crippen molar-refractivity contribution < 1.29 is 9.53 Å². The molecule has 0 atom stereocenters. The van der Waals surface area contributed by atoms with Crippen LogP contribution >= 0.6 is 0 Å². The number of carbonyl (C=O) groups excluding carboxylic acids is 1. The second-order valence-electron chi connectivity index (χ2n) is 9.61. The number of carbonyl (C=O) groups is 1. The minimum Gasteiger partial charge on any atom is -0.378 e. The lowest BCUT2D eigenvalue weighted by Crippen LogP contribution is -2.36. The van der Waals surface area contributed by atoms with Crippen molar-refractivity contribution in [1.82, 2.24) is 19.4 Å². The summed E-state index contributed by atoms with van der Waals surface area (Å²) in [4.78, 5) is 14.3. The number of hydrogen-bond acceptors (Lipinski definition) is 6. The Morgan fingerprint density at radius 3 is 2.42 bits per heavy atom. The Morgan fingerprint density at radius 1 is 0.975 bits per heavy atom. The average Bonchev–Trinajstić information content (AvgIpc) is 3.63. The number of hydrogen-bond donors (Lipinski definition) is 1. The zero-order valence-electron chi connectivity index (χ0n) is 22.0. The topological polar surface area (TPSA) is 100 Å². The van der Waals surface area contributed by atoms with Crippen molar-refractivity contribution in [3.05, 3.63) is 91.5 Å². The Kier molecular flexibility index (Phi) is 6.60. The van der Waals surface area contributed by atoms with Crippen LogP contribution in [-0.2, 0) is 16.6 Å². The first kappa shape index (κ1) is 25.1. The highest BCUT2D eigenvalue weighted by atomic mass is 16.5. The molecule has 0 aliphatic carbocycles. The van der Waals surface area contributed by atoms with E-state index in [9.17, 15) is 10.1 Å². The van der Waals surface area contributed by atoms with E-state index in [1.807, 2.05) is 37.8 Å². The fraction of sp³-hybridized carbons (Fsp3) is 0.161. The molecule has 3 aromatic heterocycles. The average molecular weight is 530 g/mol. The molecule has 0 unspecified atom stereocenters. The van der Waals surface area contributed by atoms with E-state index >= 15 is 0 Å². The SMILES string of the molecule is C=CC(=O)Nc1ccc(-c2ccc(-c3cc(-c4cnn(C)c4)cn4ncc(C#N)c34)cc2)cc1N1CCOCC1. The lowest BCUT2D eigenvalue weighted by Gasteiger charge is -2.31. The molecule has 6 rings (SSSR count). The maximum Gasteiger partial charge on any atom is 0.247 e. The molecule has 1 amide bonds. The van der Waals surface area contributed by atoms with Crippen LogP contribution in [0.15, 0.2) is 86.0 Å². The number of nitrogens with zero attached hydrogens (tertiary/aromatic N) is 6. The maximum atomic E-state index is 12.1. The first-order chi connectivity index (χ1) is 19.5. The van der Waals surface area contributed by atoms with Crippen LogP contribution in [0.1, 0.15) is 5.56 Å². The third-order valence-corrected chi connectivity index (χ3v) is 7.09. The number of aryl methyl sites for hydroxylation is 1. The monoisotopic (exact) mass is 529 g/mol. The van der Waals surface area contributed by atoms with Gasteiger partial charge in [-0.15, -0.1) is 0 Å². The number of morpholine rings is 1. The fourth-order valence-electron chi connectivity index (χ4n) is 5.06. The van der Waals surface area contributed by atoms with E-state index in [0.29, 0.717) is 18.8 Å². The smallest absolute Gasteiger partial charge is 0.247 e. The Bertz CT molecular complexity index is 1770. The Labute approximate surface area is 231 Å². The van der Waals surface area contributed by atoms with Crippen LogP contribution < -0.4 is 10.2 Å². The Balaban J connectivity index is 1.40. The molecule has 5 aromatic rings. The summed E-state index contributed by atoms with van der Waals surface area (Å²) in [5, 5.41) is 21.4. The molecule has 9 nitrogen and oxygen atoms in total. The van der Waals surface area contributed by atoms with Crippen molar-refractivity contribution in [2.24, 2.45) is 7.05 Å².